The van der Waals surface area contributed by atoms with Gasteiger partial charge in [-0.1, -0.05) is 35.5 Å². The van der Waals surface area contributed by atoms with Crippen molar-refractivity contribution in [2.75, 3.05) is 20.2 Å². The number of nitrogens with zero attached hydrogens (tertiary/aromatic N) is 3. The molecule has 6 N–H and O–H groups in total. The first-order valence-corrected chi connectivity index (χ1v) is 13.6. The summed E-state index contributed by atoms with van der Waals surface area (Å²) in [6, 6.07) is 7.72. The molecule has 13 heteroatoms. The van der Waals surface area contributed by atoms with Crippen LogP contribution in [-0.2, 0) is 36.8 Å². The van der Waals surface area contributed by atoms with Crippen molar-refractivity contribution in [3.63, 3.8) is 0 Å². The molecule has 0 aliphatic carbocycles. The SMILES string of the molecule is COC(=O)[C@@H]1CCCCNC(=O)[C@@H](Cc2ccccc2)n2nncc2CCC(=O)NCCCC[C@H]([NH3+])C(=O)N1.[Cl-]. The third-order valence-electron chi connectivity index (χ3n) is 6.82. The van der Waals surface area contributed by atoms with Gasteiger partial charge in [0.1, 0.15) is 12.1 Å². The number of halogens is 1. The molecule has 2 aromatic rings. The number of methoxy groups -OCH3 is 1. The lowest BCUT2D eigenvalue weighted by Gasteiger charge is -2.20. The minimum atomic E-state index is -0.778. The molecule has 2 heterocycles. The molecule has 0 fully saturated rings. The molecule has 0 bridgehead atoms. The van der Waals surface area contributed by atoms with Crippen molar-refractivity contribution in [1.82, 2.24) is 30.9 Å². The van der Waals surface area contributed by atoms with Gasteiger partial charge in [0.25, 0.3) is 5.91 Å². The monoisotopic (exact) mass is 577 g/mol. The van der Waals surface area contributed by atoms with E-state index in [4.69, 9.17) is 4.74 Å². The number of benzene rings is 1. The zero-order valence-electron chi connectivity index (χ0n) is 22.9. The maximum Gasteiger partial charge on any atom is 0.328 e. The van der Waals surface area contributed by atoms with Gasteiger partial charge in [0.15, 0.2) is 6.04 Å². The number of esters is 1. The van der Waals surface area contributed by atoms with Gasteiger partial charge in [-0.3, -0.25) is 14.4 Å². The average molecular weight is 578 g/mol. The zero-order valence-corrected chi connectivity index (χ0v) is 23.7. The van der Waals surface area contributed by atoms with E-state index in [-0.39, 0.29) is 36.5 Å². The fourth-order valence-electron chi connectivity index (χ4n) is 4.52. The second-order valence-electron chi connectivity index (χ2n) is 9.79. The quantitative estimate of drug-likeness (QED) is 0.279. The summed E-state index contributed by atoms with van der Waals surface area (Å²) in [6.07, 6.45) is 6.16. The molecule has 40 heavy (non-hydrogen) atoms. The number of aryl methyl sites for hydroxylation is 1. The first-order chi connectivity index (χ1) is 18.9. The van der Waals surface area contributed by atoms with Crippen molar-refractivity contribution in [1.29, 1.82) is 0 Å². The molecule has 0 saturated heterocycles. The molecule has 220 valence electrons. The van der Waals surface area contributed by atoms with Gasteiger partial charge in [-0.25, -0.2) is 9.48 Å². The van der Waals surface area contributed by atoms with Crippen LogP contribution in [-0.4, -0.2) is 71.0 Å². The van der Waals surface area contributed by atoms with Crippen LogP contribution < -0.4 is 34.1 Å². The van der Waals surface area contributed by atoms with Crippen LogP contribution in [0.15, 0.2) is 36.5 Å². The number of aromatic nitrogens is 3. The molecule has 12 nitrogen and oxygen atoms in total. The zero-order chi connectivity index (χ0) is 28.0. The Kier molecular flexibility index (Phi) is 14.1. The van der Waals surface area contributed by atoms with E-state index >= 15 is 0 Å². The van der Waals surface area contributed by atoms with Crippen LogP contribution in [0.1, 0.15) is 62.2 Å². The second-order valence-corrected chi connectivity index (χ2v) is 9.79. The number of quaternary nitrogens is 1. The minimum absolute atomic E-state index is 0. The Hall–Kier alpha value is -3.51. The van der Waals surface area contributed by atoms with E-state index < -0.39 is 24.1 Å². The third kappa shape index (κ3) is 10.2. The molecule has 0 unspecified atom stereocenters. The lowest BCUT2D eigenvalue weighted by Crippen LogP contribution is -3.00. The highest BCUT2D eigenvalue weighted by Crippen LogP contribution is 2.17. The van der Waals surface area contributed by atoms with Gasteiger partial charge in [0.05, 0.1) is 19.0 Å². The van der Waals surface area contributed by atoms with Crippen LogP contribution in [0.4, 0.5) is 0 Å². The highest BCUT2D eigenvalue weighted by Gasteiger charge is 2.27. The normalized spacial score (nSPS) is 22.2. The predicted molar refractivity (Wildman–Crippen MR) is 142 cm³/mol. The Balaban J connectivity index is 0.00000560. The molecule has 0 spiro atoms. The molecular weight excluding hydrogens is 538 g/mol. The van der Waals surface area contributed by atoms with Crippen molar-refractivity contribution in [2.24, 2.45) is 0 Å². The summed E-state index contributed by atoms with van der Waals surface area (Å²) in [5, 5.41) is 16.9. The highest BCUT2D eigenvalue weighted by molar-refractivity contribution is 5.86. The van der Waals surface area contributed by atoms with Crippen LogP contribution in [0.25, 0.3) is 0 Å². The summed E-state index contributed by atoms with van der Waals surface area (Å²) in [5.41, 5.74) is 5.61. The van der Waals surface area contributed by atoms with E-state index in [0.717, 1.165) is 5.56 Å². The second kappa shape index (κ2) is 17.2. The van der Waals surface area contributed by atoms with Crippen molar-refractivity contribution in [2.45, 2.75) is 75.9 Å². The molecule has 3 atom stereocenters. The van der Waals surface area contributed by atoms with Crippen LogP contribution in [0.3, 0.4) is 0 Å². The number of fused-ring (bicyclic) bond motifs is 1. The summed E-state index contributed by atoms with van der Waals surface area (Å²) in [4.78, 5) is 50.6. The van der Waals surface area contributed by atoms with Crippen LogP contribution in [0.2, 0.25) is 0 Å². The fourth-order valence-corrected chi connectivity index (χ4v) is 4.52. The Morgan fingerprint density at radius 3 is 2.42 bits per heavy atom. The largest absolute Gasteiger partial charge is 1.00 e. The van der Waals surface area contributed by atoms with E-state index in [1.807, 2.05) is 30.3 Å². The van der Waals surface area contributed by atoms with Crippen molar-refractivity contribution >= 4 is 23.7 Å². The number of nitrogens with one attached hydrogen (secondary N) is 3. The predicted octanol–water partition coefficient (Wildman–Crippen LogP) is -3.15. The maximum atomic E-state index is 13.3. The summed E-state index contributed by atoms with van der Waals surface area (Å²) >= 11 is 0. The van der Waals surface area contributed by atoms with Crippen LogP contribution in [0.5, 0.6) is 0 Å². The summed E-state index contributed by atoms with van der Waals surface area (Å²) in [5.74, 6) is -1.14. The first kappa shape index (κ1) is 32.7. The Bertz CT molecular complexity index is 1100. The number of hydrogen-bond acceptors (Lipinski definition) is 7. The highest BCUT2D eigenvalue weighted by atomic mass is 35.5. The molecule has 0 saturated carbocycles. The number of ether oxygens (including phenoxy) is 1. The lowest BCUT2D eigenvalue weighted by molar-refractivity contribution is -0.405. The van der Waals surface area contributed by atoms with E-state index in [2.05, 4.69) is 32.0 Å². The Labute approximate surface area is 240 Å². The van der Waals surface area contributed by atoms with Gasteiger partial charge in [-0.05, 0) is 44.1 Å². The van der Waals surface area contributed by atoms with Crippen LogP contribution in [0, 0.1) is 0 Å². The molecule has 1 aromatic heterocycles. The third-order valence-corrected chi connectivity index (χ3v) is 6.82. The minimum Gasteiger partial charge on any atom is -1.00 e. The average Bonchev–Trinajstić information content (AvgIpc) is 3.41. The number of amides is 3. The van der Waals surface area contributed by atoms with E-state index in [9.17, 15) is 19.2 Å². The van der Waals surface area contributed by atoms with Gasteiger partial charge in [-0.2, -0.15) is 0 Å². The van der Waals surface area contributed by atoms with Crippen molar-refractivity contribution < 1.29 is 42.1 Å². The standard InChI is InChI=1S/C27H39N7O5.ClH/c1-39-27(38)22-12-6-8-16-30-26(37)23(17-19-9-3-2-4-10-19)34-20(18-31-33-34)13-14-24(35)29-15-7-5-11-21(28)25(36)32-22;/h2-4,9-10,18,21-23H,5-8,11-17,28H2,1H3,(H,29,35)(H,30,37)(H,32,36);1H/t21-,22-,23+;/m0./s1. The van der Waals surface area contributed by atoms with Gasteiger partial charge in [0, 0.05) is 32.4 Å². The smallest absolute Gasteiger partial charge is 0.328 e. The van der Waals surface area contributed by atoms with Crippen molar-refractivity contribution in [3.8, 4) is 0 Å². The maximum absolute atomic E-state index is 13.3. The lowest BCUT2D eigenvalue weighted by atomic mass is 10.0. The Morgan fingerprint density at radius 1 is 1.00 bits per heavy atom. The molecule has 1 aliphatic heterocycles. The van der Waals surface area contributed by atoms with Crippen LogP contribution >= 0.6 is 0 Å². The van der Waals surface area contributed by atoms with Gasteiger partial charge < -0.3 is 38.8 Å². The number of hydrogen-bond donors (Lipinski definition) is 4. The molecule has 1 aliphatic rings. The fraction of sp³-hybridized carbons (Fsp3) is 0.556. The topological polar surface area (TPSA) is 172 Å². The Morgan fingerprint density at radius 2 is 1.70 bits per heavy atom. The van der Waals surface area contributed by atoms with Gasteiger partial charge in [-0.15, -0.1) is 5.10 Å². The first-order valence-electron chi connectivity index (χ1n) is 13.6. The number of carbonyl (C=O) groups excluding carboxylic acids is 4. The van der Waals surface area contributed by atoms with E-state index in [1.165, 1.54) is 7.11 Å². The van der Waals surface area contributed by atoms with Crippen molar-refractivity contribution in [3.05, 3.63) is 47.8 Å². The number of carbonyl (C=O) groups is 4. The molecule has 3 rings (SSSR count). The molecular formula is C27H40ClN7O5. The van der Waals surface area contributed by atoms with E-state index in [0.29, 0.717) is 70.2 Å². The summed E-state index contributed by atoms with van der Waals surface area (Å²) in [6.45, 7) is 0.866. The van der Waals surface area contributed by atoms with Gasteiger partial charge >= 0.3 is 5.97 Å². The summed E-state index contributed by atoms with van der Waals surface area (Å²) in [7, 11) is 1.29. The van der Waals surface area contributed by atoms with E-state index in [1.54, 1.807) is 10.9 Å². The van der Waals surface area contributed by atoms with Gasteiger partial charge in [0.2, 0.25) is 11.8 Å². The molecule has 0 radical (unpaired) electrons. The molecule has 3 amide bonds. The molecule has 1 aromatic carbocycles. The number of rotatable bonds is 3. The summed E-state index contributed by atoms with van der Waals surface area (Å²) < 4.78 is 6.48.